The zero-order chi connectivity index (χ0) is 20.0. The van der Waals surface area contributed by atoms with Gasteiger partial charge in [0.05, 0.1) is 5.69 Å². The minimum atomic E-state index is 0.147. The van der Waals surface area contributed by atoms with Crippen molar-refractivity contribution in [3.8, 4) is 0 Å². The van der Waals surface area contributed by atoms with Gasteiger partial charge in [-0.1, -0.05) is 0 Å². The Morgan fingerprint density at radius 3 is 2.41 bits per heavy atom. The zero-order valence-electron chi connectivity index (χ0n) is 17.4. The highest BCUT2D eigenvalue weighted by Gasteiger charge is 2.45. The van der Waals surface area contributed by atoms with Crippen LogP contribution < -0.4 is 20.4 Å². The molecule has 2 aromatic rings. The average molecular weight is 395 g/mol. The molecule has 8 nitrogen and oxygen atoms in total. The van der Waals surface area contributed by atoms with Crippen molar-refractivity contribution in [3.05, 3.63) is 23.5 Å². The van der Waals surface area contributed by atoms with Gasteiger partial charge in [0, 0.05) is 57.4 Å². The van der Waals surface area contributed by atoms with E-state index >= 15 is 0 Å². The van der Waals surface area contributed by atoms with E-state index in [1.165, 1.54) is 36.3 Å². The van der Waals surface area contributed by atoms with Crippen LogP contribution in [0.3, 0.4) is 0 Å². The van der Waals surface area contributed by atoms with Gasteiger partial charge < -0.3 is 20.4 Å². The molecule has 2 aliphatic heterocycles. The number of aromatic nitrogens is 4. The molecule has 3 aliphatic rings. The van der Waals surface area contributed by atoms with Gasteiger partial charge in [0.1, 0.15) is 11.6 Å². The van der Waals surface area contributed by atoms with E-state index in [1.807, 2.05) is 19.0 Å². The van der Waals surface area contributed by atoms with Crippen LogP contribution in [0.4, 0.5) is 23.5 Å². The molecule has 1 spiro atoms. The Balaban J connectivity index is 1.46. The summed E-state index contributed by atoms with van der Waals surface area (Å²) in [5, 5.41) is 0. The van der Waals surface area contributed by atoms with Crippen LogP contribution in [0.5, 0.6) is 0 Å². The third-order valence-electron chi connectivity index (χ3n) is 6.80. The molecule has 0 aromatic carbocycles. The SMILES string of the molecule is CN(C)c1nc(N2CCCC2)c2c(n1)C1(CC2)CCN(c2nccc(N)n2)CC1. The van der Waals surface area contributed by atoms with E-state index in [2.05, 4.69) is 19.8 Å². The number of nitrogens with two attached hydrogens (primary N) is 1. The first kappa shape index (κ1) is 18.4. The number of anilines is 4. The molecule has 154 valence electrons. The first-order valence-electron chi connectivity index (χ1n) is 10.7. The van der Waals surface area contributed by atoms with Crippen LogP contribution in [0, 0.1) is 0 Å². The summed E-state index contributed by atoms with van der Waals surface area (Å²) in [7, 11) is 4.08. The minimum Gasteiger partial charge on any atom is -0.384 e. The summed E-state index contributed by atoms with van der Waals surface area (Å²) in [5.74, 6) is 3.30. The Hall–Kier alpha value is -2.64. The molecule has 0 atom stereocenters. The van der Waals surface area contributed by atoms with E-state index < -0.39 is 0 Å². The van der Waals surface area contributed by atoms with Gasteiger partial charge in [-0.15, -0.1) is 0 Å². The van der Waals surface area contributed by atoms with E-state index in [1.54, 1.807) is 12.3 Å². The fourth-order valence-corrected chi connectivity index (χ4v) is 5.14. The fourth-order valence-electron chi connectivity index (χ4n) is 5.14. The molecule has 0 saturated carbocycles. The van der Waals surface area contributed by atoms with Crippen molar-refractivity contribution < 1.29 is 0 Å². The Bertz CT molecular complexity index is 898. The summed E-state index contributed by atoms with van der Waals surface area (Å²) < 4.78 is 0. The molecule has 0 bridgehead atoms. The van der Waals surface area contributed by atoms with Gasteiger partial charge in [-0.3, -0.25) is 0 Å². The number of piperidine rings is 1. The van der Waals surface area contributed by atoms with Crippen molar-refractivity contribution in [2.75, 3.05) is 60.7 Å². The molecular formula is C21H30N8. The summed E-state index contributed by atoms with van der Waals surface area (Å²) in [6.45, 7) is 4.10. The van der Waals surface area contributed by atoms with Crippen LogP contribution in [0.25, 0.3) is 0 Å². The highest BCUT2D eigenvalue weighted by molar-refractivity contribution is 5.58. The first-order valence-corrected chi connectivity index (χ1v) is 10.7. The zero-order valence-corrected chi connectivity index (χ0v) is 17.4. The molecule has 2 aromatic heterocycles. The number of rotatable bonds is 3. The molecular weight excluding hydrogens is 364 g/mol. The van der Waals surface area contributed by atoms with Gasteiger partial charge >= 0.3 is 0 Å². The Labute approximate surface area is 172 Å². The molecule has 4 heterocycles. The number of nitrogens with zero attached hydrogens (tertiary/aromatic N) is 7. The van der Waals surface area contributed by atoms with Gasteiger partial charge in [0.15, 0.2) is 0 Å². The number of hydrogen-bond donors (Lipinski definition) is 1. The third-order valence-corrected chi connectivity index (χ3v) is 6.80. The molecule has 2 saturated heterocycles. The Morgan fingerprint density at radius 2 is 1.72 bits per heavy atom. The Morgan fingerprint density at radius 1 is 0.966 bits per heavy atom. The summed E-state index contributed by atoms with van der Waals surface area (Å²) in [5.41, 5.74) is 8.70. The highest BCUT2D eigenvalue weighted by Crippen LogP contribution is 2.48. The van der Waals surface area contributed by atoms with Crippen LogP contribution in [0.1, 0.15) is 43.4 Å². The van der Waals surface area contributed by atoms with E-state index in [0.29, 0.717) is 5.82 Å². The maximum atomic E-state index is 5.86. The van der Waals surface area contributed by atoms with Crippen LogP contribution in [0.15, 0.2) is 12.3 Å². The van der Waals surface area contributed by atoms with Gasteiger partial charge in [-0.05, 0) is 44.6 Å². The van der Waals surface area contributed by atoms with Crippen LogP contribution >= 0.6 is 0 Å². The van der Waals surface area contributed by atoms with Gasteiger partial charge in [0.2, 0.25) is 11.9 Å². The number of fused-ring (bicyclic) bond motifs is 2. The van der Waals surface area contributed by atoms with Gasteiger partial charge in [-0.25, -0.2) is 9.97 Å². The van der Waals surface area contributed by atoms with E-state index in [0.717, 1.165) is 57.3 Å². The predicted molar refractivity (Wildman–Crippen MR) is 116 cm³/mol. The maximum Gasteiger partial charge on any atom is 0.227 e. The van der Waals surface area contributed by atoms with Crippen molar-refractivity contribution in [1.29, 1.82) is 0 Å². The molecule has 2 fully saturated rings. The molecule has 0 amide bonds. The quantitative estimate of drug-likeness (QED) is 0.846. The van der Waals surface area contributed by atoms with E-state index in [-0.39, 0.29) is 5.41 Å². The molecule has 0 unspecified atom stereocenters. The molecule has 1 aliphatic carbocycles. The largest absolute Gasteiger partial charge is 0.384 e. The standard InChI is InChI=1S/C21H30N8/c1-27(2)20-25-17-15(18(26-20)28-11-3-4-12-28)5-7-21(17)8-13-29(14-9-21)19-23-10-6-16(22)24-19/h6,10H,3-5,7-9,11-14H2,1-2H3,(H2,22,23,24). The van der Waals surface area contributed by atoms with Crippen LogP contribution in [-0.2, 0) is 11.8 Å². The number of hydrogen-bond acceptors (Lipinski definition) is 8. The summed E-state index contributed by atoms with van der Waals surface area (Å²) in [6.07, 6.45) is 8.66. The van der Waals surface area contributed by atoms with E-state index in [9.17, 15) is 0 Å². The molecule has 2 N–H and O–H groups in total. The third kappa shape index (κ3) is 3.14. The van der Waals surface area contributed by atoms with Crippen LogP contribution in [-0.4, -0.2) is 60.2 Å². The lowest BCUT2D eigenvalue weighted by Crippen LogP contribution is -2.43. The van der Waals surface area contributed by atoms with Crippen molar-refractivity contribution >= 4 is 23.5 Å². The predicted octanol–water partition coefficient (Wildman–Crippen LogP) is 2.00. The second kappa shape index (κ2) is 7.00. The van der Waals surface area contributed by atoms with Gasteiger partial charge in [-0.2, -0.15) is 9.97 Å². The summed E-state index contributed by atoms with van der Waals surface area (Å²) >= 11 is 0. The number of nitrogen functional groups attached to an aromatic ring is 1. The lowest BCUT2D eigenvalue weighted by Gasteiger charge is -2.39. The Kier molecular flexibility index (Phi) is 4.44. The monoisotopic (exact) mass is 394 g/mol. The molecule has 29 heavy (non-hydrogen) atoms. The second-order valence-corrected chi connectivity index (χ2v) is 8.81. The first-order chi connectivity index (χ1) is 14.1. The summed E-state index contributed by atoms with van der Waals surface area (Å²) in [4.78, 5) is 25.7. The minimum absolute atomic E-state index is 0.147. The maximum absolute atomic E-state index is 5.86. The van der Waals surface area contributed by atoms with E-state index in [4.69, 9.17) is 15.7 Å². The van der Waals surface area contributed by atoms with Gasteiger partial charge in [0.25, 0.3) is 0 Å². The van der Waals surface area contributed by atoms with Crippen LogP contribution in [0.2, 0.25) is 0 Å². The molecule has 8 heteroatoms. The highest BCUT2D eigenvalue weighted by atomic mass is 15.3. The normalized spacial score (nSPS) is 20.3. The molecule has 5 rings (SSSR count). The van der Waals surface area contributed by atoms with Crippen molar-refractivity contribution in [3.63, 3.8) is 0 Å². The second-order valence-electron chi connectivity index (χ2n) is 8.81. The topological polar surface area (TPSA) is 87.3 Å². The summed E-state index contributed by atoms with van der Waals surface area (Å²) in [6, 6.07) is 1.74. The van der Waals surface area contributed by atoms with Crippen molar-refractivity contribution in [1.82, 2.24) is 19.9 Å². The average Bonchev–Trinajstić information content (AvgIpc) is 3.37. The van der Waals surface area contributed by atoms with Crippen molar-refractivity contribution in [2.45, 2.75) is 43.9 Å². The smallest absolute Gasteiger partial charge is 0.227 e. The lowest BCUT2D eigenvalue weighted by atomic mass is 9.76. The van der Waals surface area contributed by atoms with Crippen molar-refractivity contribution in [2.24, 2.45) is 0 Å². The lowest BCUT2D eigenvalue weighted by molar-refractivity contribution is 0.321. The fraction of sp³-hybridized carbons (Fsp3) is 0.619. The molecule has 0 radical (unpaired) electrons.